The first kappa shape index (κ1) is 18.3. The summed E-state index contributed by atoms with van der Waals surface area (Å²) in [7, 11) is -3.53. The summed E-state index contributed by atoms with van der Waals surface area (Å²) in [4.78, 5) is 14.3. The van der Waals surface area contributed by atoms with Crippen molar-refractivity contribution in [3.63, 3.8) is 0 Å². The first-order valence-corrected chi connectivity index (χ1v) is 10.2. The fourth-order valence-electron chi connectivity index (χ4n) is 3.17. The Morgan fingerprint density at radius 1 is 1.24 bits per heavy atom. The second-order valence-corrected chi connectivity index (χ2v) is 8.24. The molecule has 2 saturated heterocycles. The Kier molecular flexibility index (Phi) is 6.06. The SMILES string of the molecule is O=C(c1ccc(S(=O)(=O)NCCC2CCNC2)cc1)N1CCOCC1. The smallest absolute Gasteiger partial charge is 0.254 e. The van der Waals surface area contributed by atoms with Crippen molar-refractivity contribution in [1.82, 2.24) is 14.9 Å². The van der Waals surface area contributed by atoms with Gasteiger partial charge in [-0.15, -0.1) is 0 Å². The van der Waals surface area contributed by atoms with Gasteiger partial charge in [0.25, 0.3) is 5.91 Å². The predicted molar refractivity (Wildman–Crippen MR) is 93.9 cm³/mol. The van der Waals surface area contributed by atoms with Gasteiger partial charge in [-0.3, -0.25) is 4.79 Å². The van der Waals surface area contributed by atoms with Crippen LogP contribution in [0.2, 0.25) is 0 Å². The van der Waals surface area contributed by atoms with E-state index in [-0.39, 0.29) is 10.8 Å². The lowest BCUT2D eigenvalue weighted by molar-refractivity contribution is 0.0303. The quantitative estimate of drug-likeness (QED) is 0.762. The molecule has 3 rings (SSSR count). The molecule has 0 saturated carbocycles. The van der Waals surface area contributed by atoms with E-state index in [9.17, 15) is 13.2 Å². The first-order chi connectivity index (χ1) is 12.1. The lowest BCUT2D eigenvalue weighted by atomic mass is 10.1. The molecule has 0 spiro atoms. The highest BCUT2D eigenvalue weighted by molar-refractivity contribution is 7.89. The Balaban J connectivity index is 1.57. The van der Waals surface area contributed by atoms with Gasteiger partial charge in [0, 0.05) is 25.2 Å². The number of rotatable bonds is 6. The average Bonchev–Trinajstić information content (AvgIpc) is 3.15. The van der Waals surface area contributed by atoms with Crippen molar-refractivity contribution >= 4 is 15.9 Å². The van der Waals surface area contributed by atoms with Gasteiger partial charge in [-0.2, -0.15) is 0 Å². The molecule has 8 heteroatoms. The number of hydrogen-bond donors (Lipinski definition) is 2. The van der Waals surface area contributed by atoms with Gasteiger partial charge < -0.3 is 15.0 Å². The van der Waals surface area contributed by atoms with Gasteiger partial charge in [0.15, 0.2) is 0 Å². The molecule has 0 aliphatic carbocycles. The van der Waals surface area contributed by atoms with Crippen molar-refractivity contribution < 1.29 is 17.9 Å². The molecule has 2 aliphatic rings. The standard InChI is InChI=1S/C17H25N3O4S/c21-17(20-9-11-24-12-10-20)15-1-3-16(4-2-15)25(22,23)19-8-6-14-5-7-18-13-14/h1-4,14,18-19H,5-13H2. The Bertz CT molecular complexity index is 678. The molecule has 2 aliphatic heterocycles. The molecule has 1 aromatic carbocycles. The molecule has 2 heterocycles. The second kappa shape index (κ2) is 8.27. The normalized spacial score (nSPS) is 21.4. The van der Waals surface area contributed by atoms with E-state index in [1.165, 1.54) is 12.1 Å². The molecule has 2 fully saturated rings. The van der Waals surface area contributed by atoms with Gasteiger partial charge in [0.05, 0.1) is 18.1 Å². The van der Waals surface area contributed by atoms with E-state index in [1.54, 1.807) is 17.0 Å². The maximum absolute atomic E-state index is 12.4. The number of amides is 1. The predicted octanol–water partition coefficient (Wildman–Crippen LogP) is 0.437. The van der Waals surface area contributed by atoms with Crippen LogP contribution in [0.1, 0.15) is 23.2 Å². The maximum atomic E-state index is 12.4. The number of nitrogens with one attached hydrogen (secondary N) is 2. The first-order valence-electron chi connectivity index (χ1n) is 8.74. The monoisotopic (exact) mass is 367 g/mol. The van der Waals surface area contributed by atoms with E-state index in [1.807, 2.05) is 0 Å². The molecular formula is C17H25N3O4S. The van der Waals surface area contributed by atoms with Crippen LogP contribution in [0.15, 0.2) is 29.2 Å². The highest BCUT2D eigenvalue weighted by Gasteiger charge is 2.20. The summed E-state index contributed by atoms with van der Waals surface area (Å²) in [5, 5.41) is 3.27. The fraction of sp³-hybridized carbons (Fsp3) is 0.588. The molecule has 1 aromatic rings. The molecule has 0 aromatic heterocycles. The minimum Gasteiger partial charge on any atom is -0.378 e. The van der Waals surface area contributed by atoms with Gasteiger partial charge in [-0.25, -0.2) is 13.1 Å². The van der Waals surface area contributed by atoms with Crippen molar-refractivity contribution in [3.05, 3.63) is 29.8 Å². The summed E-state index contributed by atoms with van der Waals surface area (Å²) in [6.07, 6.45) is 1.93. The summed E-state index contributed by atoms with van der Waals surface area (Å²) in [5.41, 5.74) is 0.498. The molecule has 0 bridgehead atoms. The number of sulfonamides is 1. The number of benzene rings is 1. The molecule has 2 N–H and O–H groups in total. The summed E-state index contributed by atoms with van der Waals surface area (Å²) >= 11 is 0. The van der Waals surface area contributed by atoms with Gasteiger partial charge in [-0.1, -0.05) is 0 Å². The third-order valence-corrected chi connectivity index (χ3v) is 6.19. The zero-order valence-corrected chi connectivity index (χ0v) is 15.1. The van der Waals surface area contributed by atoms with Gasteiger partial charge in [0.1, 0.15) is 0 Å². The lowest BCUT2D eigenvalue weighted by Crippen LogP contribution is -2.40. The maximum Gasteiger partial charge on any atom is 0.254 e. The largest absolute Gasteiger partial charge is 0.378 e. The van der Waals surface area contributed by atoms with Gasteiger partial charge in [0.2, 0.25) is 10.0 Å². The highest BCUT2D eigenvalue weighted by Crippen LogP contribution is 2.15. The van der Waals surface area contributed by atoms with Crippen LogP contribution >= 0.6 is 0 Å². The van der Waals surface area contributed by atoms with Crippen molar-refractivity contribution in [2.24, 2.45) is 5.92 Å². The van der Waals surface area contributed by atoms with Crippen LogP contribution in [0.5, 0.6) is 0 Å². The minimum absolute atomic E-state index is 0.0889. The topological polar surface area (TPSA) is 87.7 Å². The van der Waals surface area contributed by atoms with E-state index in [0.717, 1.165) is 25.9 Å². The lowest BCUT2D eigenvalue weighted by Gasteiger charge is -2.26. The Morgan fingerprint density at radius 2 is 1.96 bits per heavy atom. The molecule has 1 amide bonds. The summed E-state index contributed by atoms with van der Waals surface area (Å²) in [6.45, 7) is 4.61. The molecule has 0 radical (unpaired) electrons. The van der Waals surface area contributed by atoms with Crippen molar-refractivity contribution in [1.29, 1.82) is 0 Å². The second-order valence-electron chi connectivity index (χ2n) is 6.47. The highest BCUT2D eigenvalue weighted by atomic mass is 32.2. The summed E-state index contributed by atoms with van der Waals surface area (Å²) in [6, 6.07) is 6.14. The number of hydrogen-bond acceptors (Lipinski definition) is 5. The van der Waals surface area contributed by atoms with Crippen LogP contribution in [-0.4, -0.2) is 65.2 Å². The summed E-state index contributed by atoms with van der Waals surface area (Å²) in [5.74, 6) is 0.449. The van der Waals surface area contributed by atoms with E-state index in [2.05, 4.69) is 10.0 Å². The molecule has 138 valence electrons. The average molecular weight is 367 g/mol. The van der Waals surface area contributed by atoms with E-state index in [4.69, 9.17) is 4.74 Å². The Labute approximate surface area is 148 Å². The van der Waals surface area contributed by atoms with Crippen LogP contribution in [0, 0.1) is 5.92 Å². The molecule has 1 unspecified atom stereocenters. The molecule has 25 heavy (non-hydrogen) atoms. The zero-order chi connectivity index (χ0) is 17.7. The van der Waals surface area contributed by atoms with Gasteiger partial charge in [-0.05, 0) is 56.1 Å². The fourth-order valence-corrected chi connectivity index (χ4v) is 4.21. The van der Waals surface area contributed by atoms with Crippen LogP contribution in [-0.2, 0) is 14.8 Å². The van der Waals surface area contributed by atoms with E-state index in [0.29, 0.717) is 44.3 Å². The third-order valence-electron chi connectivity index (χ3n) is 4.72. The summed E-state index contributed by atoms with van der Waals surface area (Å²) < 4.78 is 32.6. The number of nitrogens with zero attached hydrogens (tertiary/aromatic N) is 1. The number of carbonyl (C=O) groups excluding carboxylic acids is 1. The third kappa shape index (κ3) is 4.78. The van der Waals surface area contributed by atoms with Crippen LogP contribution in [0.4, 0.5) is 0 Å². The van der Waals surface area contributed by atoms with E-state index >= 15 is 0 Å². The number of ether oxygens (including phenoxy) is 1. The number of morpholine rings is 1. The van der Waals surface area contributed by atoms with Crippen molar-refractivity contribution in [2.75, 3.05) is 45.9 Å². The molecular weight excluding hydrogens is 342 g/mol. The van der Waals surface area contributed by atoms with Crippen molar-refractivity contribution in [3.8, 4) is 0 Å². The van der Waals surface area contributed by atoms with Crippen LogP contribution in [0.25, 0.3) is 0 Å². The van der Waals surface area contributed by atoms with Gasteiger partial charge >= 0.3 is 0 Å². The molecule has 1 atom stereocenters. The Morgan fingerprint density at radius 3 is 2.60 bits per heavy atom. The van der Waals surface area contributed by atoms with Crippen LogP contribution < -0.4 is 10.0 Å². The van der Waals surface area contributed by atoms with Crippen molar-refractivity contribution in [2.45, 2.75) is 17.7 Å². The number of carbonyl (C=O) groups is 1. The van der Waals surface area contributed by atoms with Crippen LogP contribution in [0.3, 0.4) is 0 Å². The Hall–Kier alpha value is -1.48. The minimum atomic E-state index is -3.53. The van der Waals surface area contributed by atoms with E-state index < -0.39 is 10.0 Å². The zero-order valence-electron chi connectivity index (χ0n) is 14.2. The molecule has 7 nitrogen and oxygen atoms in total.